The maximum atomic E-state index is 15.8. The number of rotatable bonds is 5. The number of hydrogen-bond donors (Lipinski definition) is 3. The van der Waals surface area contributed by atoms with Crippen LogP contribution in [0.4, 0.5) is 10.1 Å². The Kier molecular flexibility index (Phi) is 6.95. The Labute approximate surface area is 233 Å². The highest BCUT2D eigenvalue weighted by molar-refractivity contribution is 6.31. The number of ketones is 1. The quantitative estimate of drug-likeness (QED) is 0.395. The summed E-state index contributed by atoms with van der Waals surface area (Å²) < 4.78 is 15.8. The van der Waals surface area contributed by atoms with Crippen LogP contribution in [-0.4, -0.2) is 34.5 Å². The molecule has 2 aliphatic heterocycles. The molecule has 3 N–H and O–H groups in total. The first-order valence-electron chi connectivity index (χ1n) is 13.3. The van der Waals surface area contributed by atoms with Crippen molar-refractivity contribution in [3.05, 3.63) is 63.4 Å². The summed E-state index contributed by atoms with van der Waals surface area (Å²) in [5.74, 6) is -1.77. The zero-order chi connectivity index (χ0) is 27.6. The fourth-order valence-electron chi connectivity index (χ4n) is 7.13. The first kappa shape index (κ1) is 27.6. The van der Waals surface area contributed by atoms with E-state index in [0.29, 0.717) is 35.5 Å². The molecule has 1 spiro atoms. The first-order valence-corrected chi connectivity index (χ1v) is 14.0. The van der Waals surface area contributed by atoms with Crippen molar-refractivity contribution in [2.75, 3.05) is 5.32 Å². The van der Waals surface area contributed by atoms with Gasteiger partial charge in [0.25, 0.3) is 0 Å². The fraction of sp³-hybridized carbons (Fsp3) is 0.533. The van der Waals surface area contributed by atoms with Gasteiger partial charge in [-0.1, -0.05) is 62.2 Å². The monoisotopic (exact) mass is 560 g/mol. The van der Waals surface area contributed by atoms with Crippen molar-refractivity contribution < 1.29 is 19.1 Å². The largest absolute Gasteiger partial charge is 0.390 e. The van der Waals surface area contributed by atoms with Crippen LogP contribution in [0.5, 0.6) is 0 Å². The Bertz CT molecular complexity index is 1290. The van der Waals surface area contributed by atoms with Crippen LogP contribution >= 0.6 is 23.2 Å². The Hall–Kier alpha value is -1.99. The number of aliphatic hydroxyl groups is 1. The molecule has 5 nitrogen and oxygen atoms in total. The van der Waals surface area contributed by atoms with E-state index in [1.165, 1.54) is 6.07 Å². The van der Waals surface area contributed by atoms with Crippen molar-refractivity contribution in [3.63, 3.8) is 0 Å². The molecule has 1 saturated carbocycles. The van der Waals surface area contributed by atoms with E-state index in [-0.39, 0.29) is 40.0 Å². The van der Waals surface area contributed by atoms with Crippen LogP contribution in [0.15, 0.2) is 36.4 Å². The van der Waals surface area contributed by atoms with Gasteiger partial charge in [0.05, 0.1) is 16.7 Å². The fourth-order valence-corrected chi connectivity index (χ4v) is 7.48. The van der Waals surface area contributed by atoms with E-state index in [9.17, 15) is 14.7 Å². The van der Waals surface area contributed by atoms with E-state index >= 15 is 4.39 Å². The van der Waals surface area contributed by atoms with Gasteiger partial charge in [0.15, 0.2) is 5.78 Å². The number of hydrogen-bond acceptors (Lipinski definition) is 4. The summed E-state index contributed by atoms with van der Waals surface area (Å²) in [4.78, 5) is 28.2. The van der Waals surface area contributed by atoms with Gasteiger partial charge < -0.3 is 15.7 Å². The minimum atomic E-state index is -1.25. The molecule has 2 fully saturated rings. The average Bonchev–Trinajstić information content (AvgIpc) is 3.41. The van der Waals surface area contributed by atoms with E-state index in [1.54, 1.807) is 31.2 Å². The third kappa shape index (κ3) is 4.68. The summed E-state index contributed by atoms with van der Waals surface area (Å²) >= 11 is 12.5. The Morgan fingerprint density at radius 3 is 2.61 bits per heavy atom. The van der Waals surface area contributed by atoms with Crippen LogP contribution in [0.2, 0.25) is 10.0 Å². The van der Waals surface area contributed by atoms with Crippen LogP contribution in [0.25, 0.3) is 0 Å². The van der Waals surface area contributed by atoms with Crippen LogP contribution in [0.3, 0.4) is 0 Å². The van der Waals surface area contributed by atoms with Crippen molar-refractivity contribution in [2.45, 2.75) is 88.8 Å². The lowest BCUT2D eigenvalue weighted by atomic mass is 9.62. The number of fused-ring (bicyclic) bond motifs is 2. The van der Waals surface area contributed by atoms with Crippen molar-refractivity contribution in [2.24, 2.45) is 11.3 Å². The number of benzene rings is 2. The smallest absolute Gasteiger partial charge is 0.237 e. The van der Waals surface area contributed by atoms with Gasteiger partial charge in [0.1, 0.15) is 11.2 Å². The standard InChI is InChI=1S/C30H35Cl2FN2O3/c1-28(2,3)15-23-30(19-9-8-17(31)13-21(19)34-27(30)37)24(18-6-5-7-20(32)25(18)33)26(35-23)22(36)12-16-10-11-29(4,38)14-16/h5-9,13,16,23-24,26,35,38H,10-12,14-15H2,1-4H3,(H,34,37)/t16?,23-,24+,26+,29+,30+/m1/s1. The highest BCUT2D eigenvalue weighted by Gasteiger charge is 2.66. The molecule has 1 saturated heterocycles. The molecule has 1 amide bonds. The first-order chi connectivity index (χ1) is 17.7. The number of halogens is 3. The van der Waals surface area contributed by atoms with E-state index in [1.807, 2.05) is 6.07 Å². The summed E-state index contributed by atoms with van der Waals surface area (Å²) in [6.45, 7) is 8.06. The topological polar surface area (TPSA) is 78.4 Å². The van der Waals surface area contributed by atoms with Gasteiger partial charge in [-0.2, -0.15) is 0 Å². The van der Waals surface area contributed by atoms with Gasteiger partial charge in [-0.25, -0.2) is 4.39 Å². The summed E-state index contributed by atoms with van der Waals surface area (Å²) in [5.41, 5.74) is -0.699. The number of carbonyl (C=O) groups is 2. The van der Waals surface area contributed by atoms with Crippen molar-refractivity contribution in [1.82, 2.24) is 5.32 Å². The van der Waals surface area contributed by atoms with E-state index in [0.717, 1.165) is 6.42 Å². The number of anilines is 1. The summed E-state index contributed by atoms with van der Waals surface area (Å²) in [7, 11) is 0. The second-order valence-corrected chi connectivity index (χ2v) is 13.7. The Balaban J connectivity index is 1.68. The van der Waals surface area contributed by atoms with E-state index < -0.39 is 34.8 Å². The minimum Gasteiger partial charge on any atom is -0.390 e. The zero-order valence-corrected chi connectivity index (χ0v) is 23.7. The molecule has 5 rings (SSSR count). The van der Waals surface area contributed by atoms with Crippen LogP contribution in [-0.2, 0) is 15.0 Å². The SMILES string of the molecule is CC(C)(C)C[C@H]1N[C@@H](C(=O)CC2CC[C@](C)(O)C2)[C@H](c2cccc(Cl)c2F)[C@@]12C(=O)Nc1cc(Cl)ccc12. The summed E-state index contributed by atoms with van der Waals surface area (Å²) in [6.07, 6.45) is 2.76. The Morgan fingerprint density at radius 1 is 1.21 bits per heavy atom. The van der Waals surface area contributed by atoms with Gasteiger partial charge in [-0.05, 0) is 73.3 Å². The van der Waals surface area contributed by atoms with Crippen molar-refractivity contribution >= 4 is 40.6 Å². The molecule has 204 valence electrons. The maximum Gasteiger partial charge on any atom is 0.237 e. The van der Waals surface area contributed by atoms with Crippen molar-refractivity contribution in [1.29, 1.82) is 0 Å². The highest BCUT2D eigenvalue weighted by Crippen LogP contribution is 2.57. The molecule has 0 bridgehead atoms. The molecule has 38 heavy (non-hydrogen) atoms. The van der Waals surface area contributed by atoms with E-state index in [2.05, 4.69) is 31.4 Å². The molecule has 0 aromatic heterocycles. The highest BCUT2D eigenvalue weighted by atomic mass is 35.5. The second kappa shape index (κ2) is 9.58. The molecule has 2 heterocycles. The normalized spacial score (nSPS) is 32.6. The number of nitrogens with one attached hydrogen (secondary N) is 2. The lowest BCUT2D eigenvalue weighted by Gasteiger charge is -2.37. The molecule has 1 unspecified atom stereocenters. The van der Waals surface area contributed by atoms with Gasteiger partial charge >= 0.3 is 0 Å². The Morgan fingerprint density at radius 2 is 1.95 bits per heavy atom. The maximum absolute atomic E-state index is 15.8. The molecule has 0 radical (unpaired) electrons. The number of carbonyl (C=O) groups excluding carboxylic acids is 2. The van der Waals surface area contributed by atoms with Crippen LogP contribution in [0.1, 0.15) is 76.8 Å². The lowest BCUT2D eigenvalue weighted by Crippen LogP contribution is -2.49. The lowest BCUT2D eigenvalue weighted by molar-refractivity contribution is -0.123. The van der Waals surface area contributed by atoms with Crippen molar-refractivity contribution in [3.8, 4) is 0 Å². The number of amides is 1. The predicted molar refractivity (Wildman–Crippen MR) is 148 cm³/mol. The molecule has 2 aromatic rings. The molecule has 8 heteroatoms. The zero-order valence-electron chi connectivity index (χ0n) is 22.2. The summed E-state index contributed by atoms with van der Waals surface area (Å²) in [5, 5.41) is 17.5. The molecule has 1 aliphatic carbocycles. The number of Topliss-reactive ketones (excluding diaryl/α,β-unsaturated/α-hetero) is 1. The van der Waals surface area contributed by atoms with E-state index in [4.69, 9.17) is 23.2 Å². The molecular weight excluding hydrogens is 526 g/mol. The summed E-state index contributed by atoms with van der Waals surface area (Å²) in [6, 6.07) is 8.78. The molecule has 3 aliphatic rings. The van der Waals surface area contributed by atoms with Crippen LogP contribution < -0.4 is 10.6 Å². The second-order valence-electron chi connectivity index (χ2n) is 12.9. The molecule has 2 aromatic carbocycles. The third-order valence-electron chi connectivity index (χ3n) is 8.59. The minimum absolute atomic E-state index is 0.0327. The average molecular weight is 562 g/mol. The van der Waals surface area contributed by atoms with Crippen LogP contribution in [0, 0.1) is 17.2 Å². The predicted octanol–water partition coefficient (Wildman–Crippen LogP) is 6.39. The van der Waals surface area contributed by atoms with Gasteiger partial charge in [-0.15, -0.1) is 0 Å². The third-order valence-corrected chi connectivity index (χ3v) is 9.12. The van der Waals surface area contributed by atoms with Gasteiger partial charge in [-0.3, -0.25) is 9.59 Å². The molecular formula is C30H35Cl2FN2O3. The van der Waals surface area contributed by atoms with Gasteiger partial charge in [0.2, 0.25) is 5.91 Å². The van der Waals surface area contributed by atoms with Gasteiger partial charge in [0, 0.05) is 29.1 Å². The molecule has 6 atom stereocenters.